The number of carbonyl (C=O) groups excluding carboxylic acids is 1. The molecule has 6 heteroatoms. The van der Waals surface area contributed by atoms with E-state index in [0.29, 0.717) is 12.1 Å². The SMILES string of the molecule is Cc1cnc(C(=O)NCC(Cc2ccccc2)C(=O)O)cn1. The van der Waals surface area contributed by atoms with Crippen LogP contribution >= 0.6 is 0 Å². The summed E-state index contributed by atoms with van der Waals surface area (Å²) in [5, 5.41) is 11.9. The summed E-state index contributed by atoms with van der Waals surface area (Å²) in [4.78, 5) is 31.2. The van der Waals surface area contributed by atoms with E-state index in [-0.39, 0.29) is 12.2 Å². The molecule has 2 aromatic rings. The number of carbonyl (C=O) groups is 2. The summed E-state index contributed by atoms with van der Waals surface area (Å²) < 4.78 is 0. The van der Waals surface area contributed by atoms with Gasteiger partial charge in [-0.05, 0) is 18.9 Å². The summed E-state index contributed by atoms with van der Waals surface area (Å²) in [5.74, 6) is -2.06. The second-order valence-electron chi connectivity index (χ2n) is 4.98. The number of rotatable bonds is 6. The van der Waals surface area contributed by atoms with Crippen molar-refractivity contribution >= 4 is 11.9 Å². The summed E-state index contributed by atoms with van der Waals surface area (Å²) in [6, 6.07) is 9.31. The Hall–Kier alpha value is -2.76. The van der Waals surface area contributed by atoms with Crippen LogP contribution in [-0.2, 0) is 11.2 Å². The maximum absolute atomic E-state index is 11.9. The molecular weight excluding hydrogens is 282 g/mol. The largest absolute Gasteiger partial charge is 0.481 e. The Morgan fingerprint density at radius 3 is 2.50 bits per heavy atom. The number of nitrogens with one attached hydrogen (secondary N) is 1. The van der Waals surface area contributed by atoms with Gasteiger partial charge in [-0.2, -0.15) is 0 Å². The molecule has 0 saturated carbocycles. The number of aliphatic carboxylic acids is 1. The van der Waals surface area contributed by atoms with Gasteiger partial charge in [-0.1, -0.05) is 30.3 Å². The fourth-order valence-corrected chi connectivity index (χ4v) is 1.96. The lowest BCUT2D eigenvalue weighted by molar-refractivity contribution is -0.141. The van der Waals surface area contributed by atoms with Gasteiger partial charge in [0.2, 0.25) is 0 Å². The number of hydrogen-bond donors (Lipinski definition) is 2. The van der Waals surface area contributed by atoms with E-state index < -0.39 is 17.8 Å². The van der Waals surface area contributed by atoms with Crippen molar-refractivity contribution in [2.45, 2.75) is 13.3 Å². The maximum atomic E-state index is 11.9. The maximum Gasteiger partial charge on any atom is 0.308 e. The number of hydrogen-bond acceptors (Lipinski definition) is 4. The van der Waals surface area contributed by atoms with E-state index in [2.05, 4.69) is 15.3 Å². The van der Waals surface area contributed by atoms with Crippen molar-refractivity contribution in [3.8, 4) is 0 Å². The van der Waals surface area contributed by atoms with Crippen LogP contribution in [-0.4, -0.2) is 33.5 Å². The zero-order valence-corrected chi connectivity index (χ0v) is 12.2. The van der Waals surface area contributed by atoms with Crippen LogP contribution in [0.1, 0.15) is 21.7 Å². The summed E-state index contributed by atoms with van der Waals surface area (Å²) in [5.41, 5.74) is 1.80. The number of benzene rings is 1. The molecule has 114 valence electrons. The van der Waals surface area contributed by atoms with Crippen molar-refractivity contribution in [3.05, 3.63) is 59.7 Å². The molecule has 1 atom stereocenters. The van der Waals surface area contributed by atoms with E-state index in [1.165, 1.54) is 12.4 Å². The molecule has 6 nitrogen and oxygen atoms in total. The van der Waals surface area contributed by atoms with Gasteiger partial charge in [-0.3, -0.25) is 14.6 Å². The third-order valence-corrected chi connectivity index (χ3v) is 3.20. The highest BCUT2D eigenvalue weighted by Crippen LogP contribution is 2.08. The topological polar surface area (TPSA) is 92.2 Å². The van der Waals surface area contributed by atoms with Crippen molar-refractivity contribution < 1.29 is 14.7 Å². The first-order valence-electron chi connectivity index (χ1n) is 6.90. The first-order valence-corrected chi connectivity index (χ1v) is 6.90. The van der Waals surface area contributed by atoms with Gasteiger partial charge in [0, 0.05) is 12.7 Å². The van der Waals surface area contributed by atoms with Crippen LogP contribution in [0.25, 0.3) is 0 Å². The Balaban J connectivity index is 1.95. The molecule has 22 heavy (non-hydrogen) atoms. The van der Waals surface area contributed by atoms with Gasteiger partial charge in [-0.15, -0.1) is 0 Å². The molecule has 1 aromatic carbocycles. The van der Waals surface area contributed by atoms with Crippen LogP contribution in [0.4, 0.5) is 0 Å². The summed E-state index contributed by atoms with van der Waals surface area (Å²) >= 11 is 0. The minimum atomic E-state index is -0.945. The Morgan fingerprint density at radius 2 is 1.91 bits per heavy atom. The summed E-state index contributed by atoms with van der Waals surface area (Å²) in [6.07, 6.45) is 3.22. The first kappa shape index (κ1) is 15.6. The summed E-state index contributed by atoms with van der Waals surface area (Å²) in [7, 11) is 0. The van der Waals surface area contributed by atoms with Gasteiger partial charge in [0.05, 0.1) is 17.8 Å². The number of aromatic nitrogens is 2. The predicted octanol–water partition coefficient (Wildman–Crippen LogP) is 1.46. The van der Waals surface area contributed by atoms with Crippen LogP contribution in [0.15, 0.2) is 42.7 Å². The van der Waals surface area contributed by atoms with Crippen LogP contribution in [0.3, 0.4) is 0 Å². The average molecular weight is 299 g/mol. The van der Waals surface area contributed by atoms with Crippen molar-refractivity contribution in [1.29, 1.82) is 0 Å². The lowest BCUT2D eigenvalue weighted by Gasteiger charge is -2.13. The normalized spacial score (nSPS) is 11.7. The lowest BCUT2D eigenvalue weighted by Crippen LogP contribution is -2.34. The number of carboxylic acids is 1. The molecule has 0 aliphatic carbocycles. The highest BCUT2D eigenvalue weighted by atomic mass is 16.4. The molecular formula is C16H17N3O3. The summed E-state index contributed by atoms with van der Waals surface area (Å²) in [6.45, 7) is 1.81. The molecule has 2 N–H and O–H groups in total. The molecule has 0 saturated heterocycles. The Bertz CT molecular complexity index is 641. The number of carboxylic acid groups (broad SMARTS) is 1. The van der Waals surface area contributed by atoms with Crippen LogP contribution in [0.5, 0.6) is 0 Å². The van der Waals surface area contributed by atoms with E-state index in [1.807, 2.05) is 30.3 Å². The molecule has 1 amide bonds. The molecule has 0 spiro atoms. The lowest BCUT2D eigenvalue weighted by atomic mass is 9.99. The molecule has 0 radical (unpaired) electrons. The van der Waals surface area contributed by atoms with Crippen LogP contribution in [0.2, 0.25) is 0 Å². The third-order valence-electron chi connectivity index (χ3n) is 3.20. The van der Waals surface area contributed by atoms with Gasteiger partial charge < -0.3 is 10.4 Å². The Morgan fingerprint density at radius 1 is 1.18 bits per heavy atom. The molecule has 1 aromatic heterocycles. The zero-order chi connectivity index (χ0) is 15.9. The second kappa shape index (κ2) is 7.31. The fraction of sp³-hybridized carbons (Fsp3) is 0.250. The fourth-order valence-electron chi connectivity index (χ4n) is 1.96. The number of aryl methyl sites for hydroxylation is 1. The molecule has 2 rings (SSSR count). The van der Waals surface area contributed by atoms with Crippen molar-refractivity contribution in [2.75, 3.05) is 6.54 Å². The molecule has 1 heterocycles. The zero-order valence-electron chi connectivity index (χ0n) is 12.2. The number of nitrogens with zero attached hydrogens (tertiary/aromatic N) is 2. The van der Waals surface area contributed by atoms with Gasteiger partial charge in [0.1, 0.15) is 5.69 Å². The molecule has 1 unspecified atom stereocenters. The third kappa shape index (κ3) is 4.37. The van der Waals surface area contributed by atoms with Gasteiger partial charge in [-0.25, -0.2) is 4.98 Å². The van der Waals surface area contributed by atoms with Gasteiger partial charge in [0.15, 0.2) is 0 Å². The minimum Gasteiger partial charge on any atom is -0.481 e. The van der Waals surface area contributed by atoms with E-state index in [4.69, 9.17) is 0 Å². The predicted molar refractivity (Wildman–Crippen MR) is 80.4 cm³/mol. The highest BCUT2D eigenvalue weighted by molar-refractivity contribution is 5.92. The van der Waals surface area contributed by atoms with E-state index in [9.17, 15) is 14.7 Å². The second-order valence-corrected chi connectivity index (χ2v) is 4.98. The molecule has 0 bridgehead atoms. The monoisotopic (exact) mass is 299 g/mol. The van der Waals surface area contributed by atoms with Crippen LogP contribution < -0.4 is 5.32 Å². The average Bonchev–Trinajstić information content (AvgIpc) is 2.52. The molecule has 0 fully saturated rings. The molecule has 0 aliphatic heterocycles. The Labute approximate surface area is 128 Å². The minimum absolute atomic E-state index is 0.0403. The quantitative estimate of drug-likeness (QED) is 0.842. The Kier molecular flexibility index (Phi) is 5.19. The van der Waals surface area contributed by atoms with E-state index in [0.717, 1.165) is 5.56 Å². The van der Waals surface area contributed by atoms with Gasteiger partial charge >= 0.3 is 5.97 Å². The van der Waals surface area contributed by atoms with Gasteiger partial charge in [0.25, 0.3) is 5.91 Å². The highest BCUT2D eigenvalue weighted by Gasteiger charge is 2.19. The van der Waals surface area contributed by atoms with Crippen molar-refractivity contribution in [3.63, 3.8) is 0 Å². The van der Waals surface area contributed by atoms with E-state index in [1.54, 1.807) is 6.92 Å². The van der Waals surface area contributed by atoms with E-state index >= 15 is 0 Å². The smallest absolute Gasteiger partial charge is 0.308 e. The molecule has 0 aliphatic rings. The van der Waals surface area contributed by atoms with Crippen molar-refractivity contribution in [2.24, 2.45) is 5.92 Å². The standard InChI is InChI=1S/C16H17N3O3/c1-11-8-18-14(10-17-11)15(20)19-9-13(16(21)22)7-12-5-3-2-4-6-12/h2-6,8,10,13H,7,9H2,1H3,(H,19,20)(H,21,22). The first-order chi connectivity index (χ1) is 10.6. The van der Waals surface area contributed by atoms with Crippen molar-refractivity contribution in [1.82, 2.24) is 15.3 Å². The number of amides is 1. The van der Waals surface area contributed by atoms with Crippen LogP contribution in [0, 0.1) is 12.8 Å².